The standard InChI is InChI=1S/C13H14F4N2S/c14-6-12(17)3-4-13(7-15,19-11(12)20)9-5-8(18)1-2-10(9)16/h1-2,5H,3-4,6-7,18H2,(H,19,20)/t12-,13+/m0/s1. The van der Waals surface area contributed by atoms with Crippen molar-refractivity contribution in [2.24, 2.45) is 0 Å². The number of hydrogen-bond acceptors (Lipinski definition) is 2. The summed E-state index contributed by atoms with van der Waals surface area (Å²) in [7, 11) is 0. The summed E-state index contributed by atoms with van der Waals surface area (Å²) < 4.78 is 54.2. The number of nitrogens with two attached hydrogens (primary N) is 1. The Morgan fingerprint density at radius 3 is 2.50 bits per heavy atom. The molecule has 1 saturated heterocycles. The normalized spacial score (nSPS) is 30.1. The van der Waals surface area contributed by atoms with Gasteiger partial charge in [0.2, 0.25) is 0 Å². The third kappa shape index (κ3) is 2.34. The van der Waals surface area contributed by atoms with E-state index < -0.39 is 35.4 Å². The van der Waals surface area contributed by atoms with E-state index in [9.17, 15) is 17.6 Å². The van der Waals surface area contributed by atoms with E-state index >= 15 is 0 Å². The van der Waals surface area contributed by atoms with Gasteiger partial charge in [0.05, 0.1) is 5.54 Å². The SMILES string of the molecule is Nc1ccc(F)c([C@]2(CF)CC[C@](F)(CF)C(=S)N2)c1. The number of nitrogen functional groups attached to an aromatic ring is 1. The molecule has 1 aromatic carbocycles. The molecular formula is C13H14F4N2S. The topological polar surface area (TPSA) is 38.0 Å². The number of hydrogen-bond donors (Lipinski definition) is 2. The summed E-state index contributed by atoms with van der Waals surface area (Å²) in [6.07, 6.45) is -0.433. The molecule has 0 spiro atoms. The van der Waals surface area contributed by atoms with Gasteiger partial charge in [-0.05, 0) is 31.0 Å². The van der Waals surface area contributed by atoms with Gasteiger partial charge in [-0.3, -0.25) is 0 Å². The zero-order chi connectivity index (χ0) is 15.0. The molecule has 2 atom stereocenters. The van der Waals surface area contributed by atoms with Gasteiger partial charge >= 0.3 is 0 Å². The summed E-state index contributed by atoms with van der Waals surface area (Å²) >= 11 is 4.78. The molecule has 1 aromatic rings. The summed E-state index contributed by atoms with van der Waals surface area (Å²) in [5, 5.41) is 2.45. The van der Waals surface area contributed by atoms with Gasteiger partial charge in [-0.2, -0.15) is 0 Å². The van der Waals surface area contributed by atoms with Crippen LogP contribution in [0.2, 0.25) is 0 Å². The van der Waals surface area contributed by atoms with E-state index in [1.54, 1.807) is 0 Å². The molecule has 0 saturated carbocycles. The predicted molar refractivity (Wildman–Crippen MR) is 73.2 cm³/mol. The van der Waals surface area contributed by atoms with E-state index in [2.05, 4.69) is 5.32 Å². The van der Waals surface area contributed by atoms with E-state index in [-0.39, 0.29) is 24.1 Å². The van der Waals surface area contributed by atoms with E-state index in [4.69, 9.17) is 18.0 Å². The maximum atomic E-state index is 14.1. The number of halogens is 4. The smallest absolute Gasteiger partial charge is 0.188 e. The Labute approximate surface area is 119 Å². The first kappa shape index (κ1) is 15.0. The minimum atomic E-state index is -2.31. The van der Waals surface area contributed by atoms with E-state index in [1.165, 1.54) is 12.1 Å². The number of anilines is 1. The Morgan fingerprint density at radius 1 is 1.25 bits per heavy atom. The highest BCUT2D eigenvalue weighted by molar-refractivity contribution is 7.80. The zero-order valence-corrected chi connectivity index (χ0v) is 11.4. The average Bonchev–Trinajstić information content (AvgIpc) is 2.45. The summed E-state index contributed by atoms with van der Waals surface area (Å²) in [6, 6.07) is 3.73. The largest absolute Gasteiger partial charge is 0.399 e. The first-order valence-electron chi connectivity index (χ1n) is 6.06. The number of rotatable bonds is 3. The highest BCUT2D eigenvalue weighted by Crippen LogP contribution is 2.39. The van der Waals surface area contributed by atoms with Gasteiger partial charge in [0.1, 0.15) is 24.2 Å². The molecule has 3 N–H and O–H groups in total. The molecular weight excluding hydrogens is 292 g/mol. The molecule has 1 aliphatic heterocycles. The van der Waals surface area contributed by atoms with Crippen LogP contribution in [-0.4, -0.2) is 24.0 Å². The highest BCUT2D eigenvalue weighted by atomic mass is 32.1. The van der Waals surface area contributed by atoms with Crippen molar-refractivity contribution < 1.29 is 17.6 Å². The number of thiocarbonyl (C=S) groups is 1. The van der Waals surface area contributed by atoms with Crippen LogP contribution in [0.1, 0.15) is 18.4 Å². The zero-order valence-electron chi connectivity index (χ0n) is 10.6. The molecule has 1 fully saturated rings. The van der Waals surface area contributed by atoms with Crippen LogP contribution in [0, 0.1) is 5.82 Å². The Bertz CT molecular complexity index is 539. The van der Waals surface area contributed by atoms with Crippen molar-refractivity contribution in [3.63, 3.8) is 0 Å². The molecule has 0 radical (unpaired) electrons. The van der Waals surface area contributed by atoms with Crippen LogP contribution in [0.25, 0.3) is 0 Å². The van der Waals surface area contributed by atoms with E-state index in [0.717, 1.165) is 6.07 Å². The highest BCUT2D eigenvalue weighted by Gasteiger charge is 2.48. The molecule has 20 heavy (non-hydrogen) atoms. The molecule has 0 amide bonds. The molecule has 0 unspecified atom stereocenters. The Balaban J connectivity index is 2.42. The maximum absolute atomic E-state index is 14.1. The lowest BCUT2D eigenvalue weighted by molar-refractivity contribution is 0.120. The molecule has 2 nitrogen and oxygen atoms in total. The molecule has 1 heterocycles. The van der Waals surface area contributed by atoms with Gasteiger partial charge in [-0.25, -0.2) is 17.6 Å². The molecule has 0 bridgehead atoms. The maximum Gasteiger partial charge on any atom is 0.188 e. The second-order valence-corrected chi connectivity index (χ2v) is 5.42. The monoisotopic (exact) mass is 306 g/mol. The second kappa shape index (κ2) is 5.20. The quantitative estimate of drug-likeness (QED) is 0.512. The minimum absolute atomic E-state index is 0.0248. The summed E-state index contributed by atoms with van der Waals surface area (Å²) in [4.78, 5) is -0.439. The third-order valence-corrected chi connectivity index (χ3v) is 4.12. The molecule has 110 valence electrons. The lowest BCUT2D eigenvalue weighted by Crippen LogP contribution is -2.60. The van der Waals surface area contributed by atoms with Crippen LogP contribution in [0.4, 0.5) is 23.2 Å². The van der Waals surface area contributed by atoms with E-state index in [1.807, 2.05) is 0 Å². The van der Waals surface area contributed by atoms with Gasteiger partial charge in [-0.15, -0.1) is 0 Å². The summed E-state index contributed by atoms with van der Waals surface area (Å²) in [6.45, 7) is -2.30. The fourth-order valence-electron chi connectivity index (χ4n) is 2.33. The van der Waals surface area contributed by atoms with E-state index in [0.29, 0.717) is 0 Å². The van der Waals surface area contributed by atoms with Crippen molar-refractivity contribution in [2.45, 2.75) is 24.0 Å². The second-order valence-electron chi connectivity index (χ2n) is 5.01. The van der Waals surface area contributed by atoms with Crippen LogP contribution >= 0.6 is 12.2 Å². The molecule has 0 aliphatic carbocycles. The molecule has 0 aromatic heterocycles. The molecule has 7 heteroatoms. The minimum Gasteiger partial charge on any atom is -0.399 e. The number of piperidine rings is 1. The first-order chi connectivity index (χ1) is 9.37. The van der Waals surface area contributed by atoms with Crippen LogP contribution < -0.4 is 11.1 Å². The Hall–Kier alpha value is -1.37. The lowest BCUT2D eigenvalue weighted by Gasteiger charge is -2.42. The van der Waals surface area contributed by atoms with Gasteiger partial charge in [-0.1, -0.05) is 12.2 Å². The fraction of sp³-hybridized carbons (Fsp3) is 0.462. The number of nitrogens with one attached hydrogen (secondary N) is 1. The third-order valence-electron chi connectivity index (χ3n) is 3.65. The summed E-state index contributed by atoms with van der Waals surface area (Å²) in [5.41, 5.74) is 1.99. The Kier molecular flexibility index (Phi) is 3.90. The first-order valence-corrected chi connectivity index (χ1v) is 6.47. The number of benzene rings is 1. The van der Waals surface area contributed by atoms with Gasteiger partial charge in [0.25, 0.3) is 0 Å². The van der Waals surface area contributed by atoms with Crippen molar-refractivity contribution in [1.82, 2.24) is 5.32 Å². The van der Waals surface area contributed by atoms with Crippen molar-refractivity contribution in [3.05, 3.63) is 29.6 Å². The van der Waals surface area contributed by atoms with Crippen molar-refractivity contribution >= 4 is 22.9 Å². The van der Waals surface area contributed by atoms with Crippen molar-refractivity contribution in [3.8, 4) is 0 Å². The van der Waals surface area contributed by atoms with Crippen molar-refractivity contribution in [2.75, 3.05) is 19.1 Å². The van der Waals surface area contributed by atoms with Crippen molar-refractivity contribution in [1.29, 1.82) is 0 Å². The van der Waals surface area contributed by atoms with Gasteiger partial charge in [0.15, 0.2) is 5.67 Å². The van der Waals surface area contributed by atoms with Crippen LogP contribution in [-0.2, 0) is 5.54 Å². The van der Waals surface area contributed by atoms with Gasteiger partial charge in [0, 0.05) is 11.3 Å². The van der Waals surface area contributed by atoms with Crippen LogP contribution in [0.3, 0.4) is 0 Å². The predicted octanol–water partition coefficient (Wildman–Crippen LogP) is 2.96. The van der Waals surface area contributed by atoms with Crippen LogP contribution in [0.5, 0.6) is 0 Å². The number of alkyl halides is 3. The summed E-state index contributed by atoms with van der Waals surface area (Å²) in [5.74, 6) is -0.668. The van der Waals surface area contributed by atoms with Crippen LogP contribution in [0.15, 0.2) is 18.2 Å². The van der Waals surface area contributed by atoms with Gasteiger partial charge < -0.3 is 11.1 Å². The average molecular weight is 306 g/mol. The fourth-order valence-corrected chi connectivity index (χ4v) is 2.68. The molecule has 1 aliphatic rings. The Morgan fingerprint density at radius 2 is 1.95 bits per heavy atom. The lowest BCUT2D eigenvalue weighted by atomic mass is 9.79. The molecule has 2 rings (SSSR count).